The summed E-state index contributed by atoms with van der Waals surface area (Å²) in [6.45, 7) is 1.80. The van der Waals surface area contributed by atoms with Crippen LogP contribution < -0.4 is 10.1 Å². The van der Waals surface area contributed by atoms with Crippen molar-refractivity contribution in [1.29, 1.82) is 0 Å². The van der Waals surface area contributed by atoms with Gasteiger partial charge in [-0.05, 0) is 48.9 Å². The van der Waals surface area contributed by atoms with Crippen LogP contribution in [-0.4, -0.2) is 17.9 Å². The van der Waals surface area contributed by atoms with Crippen LogP contribution in [0.1, 0.15) is 21.5 Å². The van der Waals surface area contributed by atoms with Crippen LogP contribution in [0.2, 0.25) is 0 Å². The highest BCUT2D eigenvalue weighted by atomic mass is 19.1. The normalized spacial score (nSPS) is 10.7. The van der Waals surface area contributed by atoms with Gasteiger partial charge in [-0.3, -0.25) is 9.78 Å². The standard InChI is InChI=1S/C24H19FN2O2/c1-15-11-18(29-2)8-10-19(15)24(28)21-9-7-17(12-22(21)25)27-23-14-26-13-16-5-3-4-6-20(16)23/h3-14,27H,1-2H3. The molecule has 0 atom stereocenters. The summed E-state index contributed by atoms with van der Waals surface area (Å²) in [5, 5.41) is 5.16. The second-order valence-corrected chi connectivity index (χ2v) is 6.74. The van der Waals surface area contributed by atoms with Gasteiger partial charge in [0.2, 0.25) is 0 Å². The fraction of sp³-hybridized carbons (Fsp3) is 0.0833. The van der Waals surface area contributed by atoms with E-state index in [1.54, 1.807) is 50.7 Å². The fourth-order valence-corrected chi connectivity index (χ4v) is 3.31. The summed E-state index contributed by atoms with van der Waals surface area (Å²) >= 11 is 0. The Hall–Kier alpha value is -3.73. The summed E-state index contributed by atoms with van der Waals surface area (Å²) in [5.41, 5.74) is 2.53. The minimum absolute atomic E-state index is 0.0276. The lowest BCUT2D eigenvalue weighted by Gasteiger charge is -2.12. The van der Waals surface area contributed by atoms with Crippen LogP contribution in [0.3, 0.4) is 0 Å². The second-order valence-electron chi connectivity index (χ2n) is 6.74. The number of fused-ring (bicyclic) bond motifs is 1. The number of ether oxygens (including phenoxy) is 1. The van der Waals surface area contributed by atoms with Gasteiger partial charge in [0.1, 0.15) is 11.6 Å². The molecule has 0 bridgehead atoms. The van der Waals surface area contributed by atoms with Crippen molar-refractivity contribution < 1.29 is 13.9 Å². The molecule has 144 valence electrons. The Kier molecular flexibility index (Phi) is 4.96. The van der Waals surface area contributed by atoms with Crippen LogP contribution in [0.25, 0.3) is 10.8 Å². The van der Waals surface area contributed by atoms with Crippen LogP contribution in [0.5, 0.6) is 5.75 Å². The first-order valence-corrected chi connectivity index (χ1v) is 9.15. The van der Waals surface area contributed by atoms with Crippen molar-refractivity contribution in [2.45, 2.75) is 6.92 Å². The highest BCUT2D eigenvalue weighted by Crippen LogP contribution is 2.27. The first kappa shape index (κ1) is 18.6. The van der Waals surface area contributed by atoms with Crippen LogP contribution in [-0.2, 0) is 0 Å². The lowest BCUT2D eigenvalue weighted by Crippen LogP contribution is -2.07. The number of nitrogens with zero attached hydrogens (tertiary/aromatic N) is 1. The summed E-state index contributed by atoms with van der Waals surface area (Å²) < 4.78 is 19.9. The summed E-state index contributed by atoms with van der Waals surface area (Å²) in [5.74, 6) is -0.285. The summed E-state index contributed by atoms with van der Waals surface area (Å²) in [6, 6.07) is 17.4. The average Bonchev–Trinajstić information content (AvgIpc) is 2.73. The zero-order valence-electron chi connectivity index (χ0n) is 16.1. The number of carbonyl (C=O) groups is 1. The zero-order chi connectivity index (χ0) is 20.4. The van der Waals surface area contributed by atoms with Gasteiger partial charge < -0.3 is 10.1 Å². The number of carbonyl (C=O) groups excluding carboxylic acids is 1. The van der Waals surface area contributed by atoms with Crippen molar-refractivity contribution in [3.63, 3.8) is 0 Å². The second kappa shape index (κ2) is 7.72. The molecule has 29 heavy (non-hydrogen) atoms. The number of methoxy groups -OCH3 is 1. The smallest absolute Gasteiger partial charge is 0.196 e. The Morgan fingerprint density at radius 3 is 2.55 bits per heavy atom. The Labute approximate surface area is 168 Å². The number of hydrogen-bond acceptors (Lipinski definition) is 4. The molecular weight excluding hydrogens is 367 g/mol. The topological polar surface area (TPSA) is 51.2 Å². The molecule has 3 aromatic carbocycles. The maximum atomic E-state index is 14.8. The number of aromatic nitrogens is 1. The minimum atomic E-state index is -0.580. The molecule has 4 aromatic rings. The molecular formula is C24H19FN2O2. The number of benzene rings is 3. The number of hydrogen-bond donors (Lipinski definition) is 1. The van der Waals surface area contributed by atoms with E-state index in [1.165, 1.54) is 12.1 Å². The number of ketones is 1. The Bertz CT molecular complexity index is 1220. The van der Waals surface area contributed by atoms with E-state index in [4.69, 9.17) is 4.74 Å². The van der Waals surface area contributed by atoms with Crippen molar-refractivity contribution in [1.82, 2.24) is 4.98 Å². The molecule has 0 aliphatic heterocycles. The third kappa shape index (κ3) is 3.67. The number of anilines is 2. The van der Waals surface area contributed by atoms with E-state index in [-0.39, 0.29) is 11.3 Å². The molecule has 1 heterocycles. The number of nitrogens with one attached hydrogen (secondary N) is 1. The third-order valence-electron chi connectivity index (χ3n) is 4.84. The van der Waals surface area contributed by atoms with Crippen LogP contribution in [0.15, 0.2) is 73.1 Å². The van der Waals surface area contributed by atoms with Gasteiger partial charge in [0.25, 0.3) is 0 Å². The van der Waals surface area contributed by atoms with Crippen molar-refractivity contribution in [2.75, 3.05) is 12.4 Å². The van der Waals surface area contributed by atoms with Gasteiger partial charge in [-0.25, -0.2) is 4.39 Å². The number of rotatable bonds is 5. The average molecular weight is 386 g/mol. The maximum Gasteiger partial charge on any atom is 0.196 e. The molecule has 0 spiro atoms. The Morgan fingerprint density at radius 2 is 1.79 bits per heavy atom. The van der Waals surface area contributed by atoms with Gasteiger partial charge in [0, 0.05) is 28.2 Å². The molecule has 0 saturated carbocycles. The molecule has 0 aliphatic rings. The predicted molar refractivity (Wildman–Crippen MR) is 113 cm³/mol. The quantitative estimate of drug-likeness (QED) is 0.449. The molecule has 1 N–H and O–H groups in total. The van der Waals surface area contributed by atoms with E-state index in [0.717, 1.165) is 22.0 Å². The van der Waals surface area contributed by atoms with E-state index >= 15 is 0 Å². The van der Waals surface area contributed by atoms with E-state index in [0.29, 0.717) is 17.0 Å². The SMILES string of the molecule is COc1ccc(C(=O)c2ccc(Nc3cncc4ccccc34)cc2F)c(C)c1. The molecule has 1 aromatic heterocycles. The van der Waals surface area contributed by atoms with Crippen LogP contribution >= 0.6 is 0 Å². The molecule has 0 amide bonds. The molecule has 0 radical (unpaired) electrons. The molecule has 0 fully saturated rings. The minimum Gasteiger partial charge on any atom is -0.497 e. The Morgan fingerprint density at radius 1 is 1.00 bits per heavy atom. The van der Waals surface area contributed by atoms with Gasteiger partial charge in [-0.2, -0.15) is 0 Å². The van der Waals surface area contributed by atoms with Gasteiger partial charge in [-0.1, -0.05) is 24.3 Å². The third-order valence-corrected chi connectivity index (χ3v) is 4.84. The largest absolute Gasteiger partial charge is 0.497 e. The number of halogens is 1. The molecule has 4 rings (SSSR count). The summed E-state index contributed by atoms with van der Waals surface area (Å²) in [7, 11) is 1.56. The predicted octanol–water partition coefficient (Wildman–Crippen LogP) is 5.67. The molecule has 0 saturated heterocycles. The van der Waals surface area contributed by atoms with Crippen molar-refractivity contribution >= 4 is 27.9 Å². The van der Waals surface area contributed by atoms with E-state index in [2.05, 4.69) is 10.3 Å². The first-order chi connectivity index (χ1) is 14.1. The summed E-state index contributed by atoms with van der Waals surface area (Å²) in [4.78, 5) is 17.0. The van der Waals surface area contributed by atoms with E-state index in [9.17, 15) is 9.18 Å². The summed E-state index contributed by atoms with van der Waals surface area (Å²) in [6.07, 6.45) is 3.47. The van der Waals surface area contributed by atoms with Crippen molar-refractivity contribution in [3.8, 4) is 5.75 Å². The van der Waals surface area contributed by atoms with Gasteiger partial charge in [-0.15, -0.1) is 0 Å². The molecule has 0 unspecified atom stereocenters. The van der Waals surface area contributed by atoms with Crippen LogP contribution in [0, 0.1) is 12.7 Å². The van der Waals surface area contributed by atoms with E-state index < -0.39 is 5.82 Å². The van der Waals surface area contributed by atoms with Crippen LogP contribution in [0.4, 0.5) is 15.8 Å². The first-order valence-electron chi connectivity index (χ1n) is 9.15. The van der Waals surface area contributed by atoms with Crippen molar-refractivity contribution in [2.24, 2.45) is 0 Å². The lowest BCUT2D eigenvalue weighted by molar-refractivity contribution is 0.103. The highest BCUT2D eigenvalue weighted by molar-refractivity contribution is 6.10. The van der Waals surface area contributed by atoms with Gasteiger partial charge >= 0.3 is 0 Å². The zero-order valence-corrected chi connectivity index (χ0v) is 16.1. The molecule has 0 aliphatic carbocycles. The van der Waals surface area contributed by atoms with E-state index in [1.807, 2.05) is 24.3 Å². The Balaban J connectivity index is 1.63. The lowest BCUT2D eigenvalue weighted by atomic mass is 9.98. The van der Waals surface area contributed by atoms with Crippen molar-refractivity contribution in [3.05, 3.63) is 95.6 Å². The number of aryl methyl sites for hydroxylation is 1. The van der Waals surface area contributed by atoms with Gasteiger partial charge in [0.05, 0.1) is 24.6 Å². The monoisotopic (exact) mass is 386 g/mol. The van der Waals surface area contributed by atoms with Gasteiger partial charge in [0.15, 0.2) is 5.78 Å². The highest BCUT2D eigenvalue weighted by Gasteiger charge is 2.17. The fourth-order valence-electron chi connectivity index (χ4n) is 3.31. The number of pyridine rings is 1. The molecule has 5 heteroatoms. The maximum absolute atomic E-state index is 14.8. The molecule has 4 nitrogen and oxygen atoms in total.